The standard InChI is InChI=1S/C19H17NO4S/c1-12(18(21)20-14-8-4-5-9-15(14)23-2)24-19(22)17-11-13-7-3-6-10-16(13)25-17/h3-12H,1-2H3,(H,20,21)/t12-/m0/s1. The molecule has 0 saturated heterocycles. The normalized spacial score (nSPS) is 11.8. The van der Waals surface area contributed by atoms with Gasteiger partial charge in [0, 0.05) is 4.70 Å². The number of carbonyl (C=O) groups is 2. The third-order valence-electron chi connectivity index (χ3n) is 3.64. The predicted octanol–water partition coefficient (Wildman–Crippen LogP) is 4.09. The Morgan fingerprint density at radius 3 is 2.56 bits per heavy atom. The van der Waals surface area contributed by atoms with Crippen molar-refractivity contribution in [1.82, 2.24) is 0 Å². The fourth-order valence-electron chi connectivity index (χ4n) is 2.34. The first-order valence-electron chi connectivity index (χ1n) is 7.72. The summed E-state index contributed by atoms with van der Waals surface area (Å²) in [7, 11) is 1.52. The second kappa shape index (κ2) is 7.36. The fraction of sp³-hybridized carbons (Fsp3) is 0.158. The molecule has 1 atom stereocenters. The van der Waals surface area contributed by atoms with Gasteiger partial charge in [-0.05, 0) is 36.6 Å². The summed E-state index contributed by atoms with van der Waals surface area (Å²) in [6.45, 7) is 1.54. The van der Waals surface area contributed by atoms with Gasteiger partial charge >= 0.3 is 5.97 Å². The number of amides is 1. The van der Waals surface area contributed by atoms with Gasteiger partial charge in [-0.1, -0.05) is 30.3 Å². The number of rotatable bonds is 5. The molecule has 0 aliphatic heterocycles. The van der Waals surface area contributed by atoms with E-state index in [1.807, 2.05) is 24.3 Å². The molecule has 0 unspecified atom stereocenters. The van der Waals surface area contributed by atoms with Gasteiger partial charge in [0.2, 0.25) is 0 Å². The minimum absolute atomic E-state index is 0.418. The van der Waals surface area contributed by atoms with Crippen molar-refractivity contribution in [2.45, 2.75) is 13.0 Å². The third-order valence-corrected chi connectivity index (χ3v) is 4.74. The minimum Gasteiger partial charge on any atom is -0.495 e. The molecule has 6 heteroatoms. The molecule has 1 aromatic heterocycles. The van der Waals surface area contributed by atoms with Crippen molar-refractivity contribution in [3.05, 3.63) is 59.5 Å². The number of fused-ring (bicyclic) bond motifs is 1. The van der Waals surface area contributed by atoms with E-state index in [0.717, 1.165) is 10.1 Å². The van der Waals surface area contributed by atoms with E-state index in [9.17, 15) is 9.59 Å². The van der Waals surface area contributed by atoms with Gasteiger partial charge in [0.1, 0.15) is 10.6 Å². The molecule has 0 aliphatic rings. The Morgan fingerprint density at radius 2 is 1.80 bits per heavy atom. The number of hydrogen-bond donors (Lipinski definition) is 1. The lowest BCUT2D eigenvalue weighted by molar-refractivity contribution is -0.123. The number of thiophene rings is 1. The Hall–Kier alpha value is -2.86. The van der Waals surface area contributed by atoms with E-state index in [0.29, 0.717) is 16.3 Å². The van der Waals surface area contributed by atoms with Crippen LogP contribution in [-0.4, -0.2) is 25.1 Å². The van der Waals surface area contributed by atoms with Crippen molar-refractivity contribution in [3.63, 3.8) is 0 Å². The zero-order chi connectivity index (χ0) is 17.8. The SMILES string of the molecule is COc1ccccc1NC(=O)[C@H](C)OC(=O)c1cc2ccccc2s1. The first kappa shape index (κ1) is 17.0. The smallest absolute Gasteiger partial charge is 0.349 e. The second-order valence-corrected chi connectivity index (χ2v) is 6.47. The van der Waals surface area contributed by atoms with E-state index in [4.69, 9.17) is 9.47 Å². The molecular weight excluding hydrogens is 338 g/mol. The molecule has 1 amide bonds. The van der Waals surface area contributed by atoms with Gasteiger partial charge in [-0.25, -0.2) is 4.79 Å². The largest absolute Gasteiger partial charge is 0.495 e. The number of carbonyl (C=O) groups excluding carboxylic acids is 2. The molecule has 128 valence electrons. The lowest BCUT2D eigenvalue weighted by Crippen LogP contribution is -2.29. The van der Waals surface area contributed by atoms with Crippen molar-refractivity contribution in [2.24, 2.45) is 0 Å². The van der Waals surface area contributed by atoms with E-state index < -0.39 is 18.0 Å². The highest BCUT2D eigenvalue weighted by Crippen LogP contribution is 2.26. The quantitative estimate of drug-likeness (QED) is 0.700. The van der Waals surface area contributed by atoms with Crippen LogP contribution in [0, 0.1) is 0 Å². The molecule has 1 heterocycles. The Balaban J connectivity index is 1.67. The molecule has 25 heavy (non-hydrogen) atoms. The highest BCUT2D eigenvalue weighted by Gasteiger charge is 2.21. The summed E-state index contributed by atoms with van der Waals surface area (Å²) in [4.78, 5) is 25.0. The average Bonchev–Trinajstić information content (AvgIpc) is 3.06. The highest BCUT2D eigenvalue weighted by atomic mass is 32.1. The summed E-state index contributed by atoms with van der Waals surface area (Å²) in [6, 6.07) is 16.5. The molecule has 0 saturated carbocycles. The maximum Gasteiger partial charge on any atom is 0.349 e. The Morgan fingerprint density at radius 1 is 1.08 bits per heavy atom. The van der Waals surface area contributed by atoms with Gasteiger partial charge in [-0.2, -0.15) is 0 Å². The lowest BCUT2D eigenvalue weighted by Gasteiger charge is -2.14. The maximum atomic E-state index is 12.3. The molecular formula is C19H17NO4S. The number of esters is 1. The summed E-state index contributed by atoms with van der Waals surface area (Å²) in [5.74, 6) is -0.387. The van der Waals surface area contributed by atoms with Crippen molar-refractivity contribution in [3.8, 4) is 5.75 Å². The highest BCUT2D eigenvalue weighted by molar-refractivity contribution is 7.20. The number of nitrogens with one attached hydrogen (secondary N) is 1. The number of para-hydroxylation sites is 2. The van der Waals surface area contributed by atoms with E-state index in [2.05, 4.69) is 5.32 Å². The van der Waals surface area contributed by atoms with Crippen molar-refractivity contribution in [2.75, 3.05) is 12.4 Å². The summed E-state index contributed by atoms with van der Waals surface area (Å²) >= 11 is 1.34. The molecule has 1 N–H and O–H groups in total. The number of benzene rings is 2. The van der Waals surface area contributed by atoms with Gasteiger partial charge in [0.05, 0.1) is 12.8 Å². The second-order valence-electron chi connectivity index (χ2n) is 5.39. The van der Waals surface area contributed by atoms with Gasteiger partial charge in [0.15, 0.2) is 6.10 Å². The van der Waals surface area contributed by atoms with Crippen molar-refractivity contribution < 1.29 is 19.1 Å². The van der Waals surface area contributed by atoms with Gasteiger partial charge < -0.3 is 14.8 Å². The molecule has 0 radical (unpaired) electrons. The van der Waals surface area contributed by atoms with Crippen LogP contribution in [0.4, 0.5) is 5.69 Å². The predicted molar refractivity (Wildman–Crippen MR) is 98.3 cm³/mol. The van der Waals surface area contributed by atoms with Crippen LogP contribution in [0.3, 0.4) is 0 Å². The number of hydrogen-bond acceptors (Lipinski definition) is 5. The third kappa shape index (κ3) is 3.80. The maximum absolute atomic E-state index is 12.3. The Kier molecular flexibility index (Phi) is 5.00. The molecule has 0 fully saturated rings. The zero-order valence-electron chi connectivity index (χ0n) is 13.8. The van der Waals surface area contributed by atoms with Crippen LogP contribution in [0.1, 0.15) is 16.6 Å². The first-order valence-corrected chi connectivity index (χ1v) is 8.53. The van der Waals surface area contributed by atoms with Gasteiger partial charge in [0.25, 0.3) is 5.91 Å². The monoisotopic (exact) mass is 355 g/mol. The number of ether oxygens (including phenoxy) is 2. The van der Waals surface area contributed by atoms with E-state index in [1.54, 1.807) is 30.3 Å². The molecule has 0 bridgehead atoms. The van der Waals surface area contributed by atoms with Crippen LogP contribution in [-0.2, 0) is 9.53 Å². The zero-order valence-corrected chi connectivity index (χ0v) is 14.6. The van der Waals surface area contributed by atoms with E-state index >= 15 is 0 Å². The summed E-state index contributed by atoms with van der Waals surface area (Å²) in [5.41, 5.74) is 0.528. The van der Waals surface area contributed by atoms with Crippen molar-refractivity contribution in [1.29, 1.82) is 0 Å². The molecule has 0 spiro atoms. The molecule has 0 aliphatic carbocycles. The number of methoxy groups -OCH3 is 1. The molecule has 3 rings (SSSR count). The minimum atomic E-state index is -0.928. The van der Waals surface area contributed by atoms with Crippen LogP contribution in [0.5, 0.6) is 5.75 Å². The number of anilines is 1. The average molecular weight is 355 g/mol. The van der Waals surface area contributed by atoms with E-state index in [1.165, 1.54) is 25.4 Å². The van der Waals surface area contributed by atoms with Crippen LogP contribution in [0.25, 0.3) is 10.1 Å². The van der Waals surface area contributed by atoms with E-state index in [-0.39, 0.29) is 0 Å². The van der Waals surface area contributed by atoms with Crippen molar-refractivity contribution >= 4 is 39.0 Å². The van der Waals surface area contributed by atoms with Crippen LogP contribution < -0.4 is 10.1 Å². The van der Waals surface area contributed by atoms with Crippen LogP contribution >= 0.6 is 11.3 Å². The Bertz CT molecular complexity index is 885. The molecule has 3 aromatic rings. The molecule has 2 aromatic carbocycles. The molecule has 5 nitrogen and oxygen atoms in total. The topological polar surface area (TPSA) is 64.6 Å². The van der Waals surface area contributed by atoms with Gasteiger partial charge in [-0.3, -0.25) is 4.79 Å². The Labute approximate surface area is 149 Å². The summed E-state index contributed by atoms with van der Waals surface area (Å²) < 4.78 is 11.5. The summed E-state index contributed by atoms with van der Waals surface area (Å²) in [6.07, 6.45) is -0.928. The van der Waals surface area contributed by atoms with Gasteiger partial charge in [-0.15, -0.1) is 11.3 Å². The van der Waals surface area contributed by atoms with Crippen LogP contribution in [0.2, 0.25) is 0 Å². The lowest BCUT2D eigenvalue weighted by atomic mass is 10.2. The summed E-state index contributed by atoms with van der Waals surface area (Å²) in [5, 5.41) is 3.68. The first-order chi connectivity index (χ1) is 12.1. The fourth-order valence-corrected chi connectivity index (χ4v) is 3.28. The van der Waals surface area contributed by atoms with Crippen LogP contribution in [0.15, 0.2) is 54.6 Å².